The minimum atomic E-state index is 0.498. The third kappa shape index (κ3) is 3.03. The molecule has 3 aliphatic rings. The molecular formula is C19H36N2. The van der Waals surface area contributed by atoms with Gasteiger partial charge < -0.3 is 10.2 Å². The largest absolute Gasteiger partial charge is 0.313 e. The van der Waals surface area contributed by atoms with E-state index in [-0.39, 0.29) is 0 Å². The molecule has 1 N–H and O–H groups in total. The molecule has 122 valence electrons. The summed E-state index contributed by atoms with van der Waals surface area (Å²) >= 11 is 0. The van der Waals surface area contributed by atoms with Crippen LogP contribution in [0.4, 0.5) is 0 Å². The average Bonchev–Trinajstić information content (AvgIpc) is 2.90. The Labute approximate surface area is 132 Å². The van der Waals surface area contributed by atoms with Crippen LogP contribution in [0.15, 0.2) is 0 Å². The number of hydrogen-bond acceptors (Lipinski definition) is 2. The second-order valence-electron chi connectivity index (χ2n) is 9.22. The van der Waals surface area contributed by atoms with Gasteiger partial charge in [-0.2, -0.15) is 0 Å². The molecule has 1 saturated heterocycles. The number of nitrogens with zero attached hydrogens (tertiary/aromatic N) is 1. The van der Waals surface area contributed by atoms with Gasteiger partial charge in [-0.3, -0.25) is 0 Å². The fraction of sp³-hybridized carbons (Fsp3) is 1.00. The summed E-state index contributed by atoms with van der Waals surface area (Å²) in [5.74, 6) is 1.74. The summed E-state index contributed by atoms with van der Waals surface area (Å²) in [5.41, 5.74) is 1.07. The highest BCUT2D eigenvalue weighted by atomic mass is 15.1. The molecule has 2 nitrogen and oxygen atoms in total. The number of rotatable bonds is 5. The van der Waals surface area contributed by atoms with Crippen LogP contribution in [-0.4, -0.2) is 37.1 Å². The Bertz CT molecular complexity index is 354. The zero-order chi connectivity index (χ0) is 15.1. The van der Waals surface area contributed by atoms with E-state index in [2.05, 4.69) is 37.9 Å². The molecule has 2 saturated carbocycles. The number of likely N-dealkylation sites (tertiary alicyclic amines) is 1. The highest BCUT2D eigenvalue weighted by molar-refractivity contribution is 5.12. The fourth-order valence-corrected chi connectivity index (χ4v) is 5.78. The van der Waals surface area contributed by atoms with Crippen molar-refractivity contribution in [3.8, 4) is 0 Å². The van der Waals surface area contributed by atoms with Gasteiger partial charge in [0.1, 0.15) is 0 Å². The maximum absolute atomic E-state index is 4.01. The van der Waals surface area contributed by atoms with Gasteiger partial charge in [-0.25, -0.2) is 0 Å². The van der Waals surface area contributed by atoms with E-state index in [0.717, 1.165) is 17.9 Å². The van der Waals surface area contributed by atoms with Crippen molar-refractivity contribution < 1.29 is 0 Å². The molecule has 1 aliphatic heterocycles. The number of piperidine rings is 1. The second-order valence-corrected chi connectivity index (χ2v) is 9.22. The molecule has 0 aromatic rings. The van der Waals surface area contributed by atoms with Gasteiger partial charge in [0.25, 0.3) is 0 Å². The van der Waals surface area contributed by atoms with Gasteiger partial charge in [-0.1, -0.05) is 34.1 Å². The molecular weight excluding hydrogens is 256 g/mol. The summed E-state index contributed by atoms with van der Waals surface area (Å²) in [4.78, 5) is 2.68. The average molecular weight is 293 g/mol. The predicted octanol–water partition coefficient (Wildman–Crippen LogP) is 3.91. The summed E-state index contributed by atoms with van der Waals surface area (Å²) in [6.07, 6.45) is 8.63. The van der Waals surface area contributed by atoms with Crippen LogP contribution >= 0.6 is 0 Å². The van der Waals surface area contributed by atoms with Crippen molar-refractivity contribution in [2.24, 2.45) is 22.7 Å². The Morgan fingerprint density at radius 2 is 1.86 bits per heavy atom. The Morgan fingerprint density at radius 1 is 1.14 bits per heavy atom. The molecule has 3 fully saturated rings. The van der Waals surface area contributed by atoms with Gasteiger partial charge in [0.05, 0.1) is 0 Å². The van der Waals surface area contributed by atoms with Crippen molar-refractivity contribution in [3.05, 3.63) is 0 Å². The zero-order valence-electron chi connectivity index (χ0n) is 14.8. The second kappa shape index (κ2) is 5.85. The highest BCUT2D eigenvalue weighted by Gasteiger charge is 2.58. The molecule has 0 aromatic carbocycles. The Balaban J connectivity index is 1.50. The third-order valence-electron chi connectivity index (χ3n) is 6.96. The maximum Gasteiger partial charge on any atom is 0.0175 e. The van der Waals surface area contributed by atoms with Gasteiger partial charge >= 0.3 is 0 Å². The van der Waals surface area contributed by atoms with Crippen LogP contribution in [0.3, 0.4) is 0 Å². The first kappa shape index (κ1) is 15.8. The number of nitrogens with one attached hydrogen (secondary N) is 1. The van der Waals surface area contributed by atoms with E-state index in [0.29, 0.717) is 10.8 Å². The smallest absolute Gasteiger partial charge is 0.0175 e. The lowest BCUT2D eigenvalue weighted by molar-refractivity contribution is 0.102. The normalized spacial score (nSPS) is 40.6. The number of hydrogen-bond donors (Lipinski definition) is 1. The van der Waals surface area contributed by atoms with Crippen molar-refractivity contribution in [2.75, 3.05) is 26.2 Å². The number of fused-ring (bicyclic) bond motifs is 2. The lowest BCUT2D eigenvalue weighted by Gasteiger charge is -2.44. The lowest BCUT2D eigenvalue weighted by Crippen LogP contribution is -2.52. The van der Waals surface area contributed by atoms with E-state index in [1.165, 1.54) is 64.7 Å². The van der Waals surface area contributed by atoms with Crippen LogP contribution < -0.4 is 5.32 Å². The first-order chi connectivity index (χ1) is 9.92. The Hall–Kier alpha value is -0.0800. The van der Waals surface area contributed by atoms with Gasteiger partial charge in [0.15, 0.2) is 0 Å². The predicted molar refractivity (Wildman–Crippen MR) is 90.5 cm³/mol. The lowest BCUT2D eigenvalue weighted by atomic mass is 9.68. The summed E-state index contributed by atoms with van der Waals surface area (Å²) < 4.78 is 0. The van der Waals surface area contributed by atoms with E-state index in [1.807, 2.05) is 0 Å². The van der Waals surface area contributed by atoms with E-state index >= 15 is 0 Å². The van der Waals surface area contributed by atoms with E-state index in [9.17, 15) is 0 Å². The summed E-state index contributed by atoms with van der Waals surface area (Å²) in [7, 11) is 0. The molecule has 4 atom stereocenters. The summed E-state index contributed by atoms with van der Waals surface area (Å²) in [6, 6.07) is 0.729. The van der Waals surface area contributed by atoms with Crippen LogP contribution in [0.1, 0.15) is 66.2 Å². The van der Waals surface area contributed by atoms with Crippen molar-refractivity contribution >= 4 is 0 Å². The molecule has 2 aliphatic carbocycles. The van der Waals surface area contributed by atoms with Crippen LogP contribution in [0, 0.1) is 22.7 Å². The SMILES string of the molecule is CC(CNC1C(C)(C)[C@H]2CC[C@]1(C)C2)CN1CCCCC1. The summed E-state index contributed by atoms with van der Waals surface area (Å²) in [5, 5.41) is 4.01. The van der Waals surface area contributed by atoms with Crippen LogP contribution in [0.2, 0.25) is 0 Å². The van der Waals surface area contributed by atoms with Crippen molar-refractivity contribution in [1.82, 2.24) is 10.2 Å². The van der Waals surface area contributed by atoms with Crippen LogP contribution in [0.5, 0.6) is 0 Å². The van der Waals surface area contributed by atoms with Crippen LogP contribution in [0.25, 0.3) is 0 Å². The van der Waals surface area contributed by atoms with Crippen molar-refractivity contribution in [1.29, 1.82) is 0 Å². The highest BCUT2D eigenvalue weighted by Crippen LogP contribution is 2.62. The minimum absolute atomic E-state index is 0.498. The molecule has 0 amide bonds. The molecule has 1 heterocycles. The fourth-order valence-electron chi connectivity index (χ4n) is 5.78. The standard InChI is InChI=1S/C19H36N2/c1-15(14-21-10-6-5-7-11-21)13-20-17-18(2,3)16-8-9-19(17,4)12-16/h15-17,20H,5-14H2,1-4H3/t15?,16-,17?,19+/m0/s1. The van der Waals surface area contributed by atoms with Gasteiger partial charge in [-0.05, 0) is 74.4 Å². The van der Waals surface area contributed by atoms with E-state index in [4.69, 9.17) is 0 Å². The first-order valence-electron chi connectivity index (χ1n) is 9.37. The topological polar surface area (TPSA) is 15.3 Å². The monoisotopic (exact) mass is 292 g/mol. The van der Waals surface area contributed by atoms with Gasteiger partial charge in [-0.15, -0.1) is 0 Å². The Kier molecular flexibility index (Phi) is 4.40. The van der Waals surface area contributed by atoms with E-state index in [1.54, 1.807) is 0 Å². The Morgan fingerprint density at radius 3 is 2.48 bits per heavy atom. The zero-order valence-corrected chi connectivity index (χ0v) is 14.8. The molecule has 0 spiro atoms. The molecule has 2 bridgehead atoms. The van der Waals surface area contributed by atoms with E-state index < -0.39 is 0 Å². The molecule has 0 radical (unpaired) electrons. The molecule has 0 aromatic heterocycles. The third-order valence-corrected chi connectivity index (χ3v) is 6.96. The quantitative estimate of drug-likeness (QED) is 0.826. The maximum atomic E-state index is 4.01. The van der Waals surface area contributed by atoms with Crippen molar-refractivity contribution in [3.63, 3.8) is 0 Å². The first-order valence-corrected chi connectivity index (χ1v) is 9.37. The molecule has 3 rings (SSSR count). The van der Waals surface area contributed by atoms with Crippen molar-refractivity contribution in [2.45, 2.75) is 72.3 Å². The molecule has 21 heavy (non-hydrogen) atoms. The molecule has 2 unspecified atom stereocenters. The van der Waals surface area contributed by atoms with Gasteiger partial charge in [0.2, 0.25) is 0 Å². The van der Waals surface area contributed by atoms with Gasteiger partial charge in [0, 0.05) is 12.6 Å². The van der Waals surface area contributed by atoms with Crippen LogP contribution in [-0.2, 0) is 0 Å². The summed E-state index contributed by atoms with van der Waals surface area (Å²) in [6.45, 7) is 15.1. The minimum Gasteiger partial charge on any atom is -0.313 e. The molecule has 2 heteroatoms.